The van der Waals surface area contributed by atoms with Crippen LogP contribution in [0.3, 0.4) is 0 Å². The molecule has 8 heteroatoms. The highest BCUT2D eigenvalue weighted by atomic mass is 16.3. The largest absolute Gasteiger partial charge is 0.393 e. The number of piperidine rings is 2. The van der Waals surface area contributed by atoms with Crippen molar-refractivity contribution in [3.05, 3.63) is 46.5 Å². The Morgan fingerprint density at radius 2 is 0.906 bits per heavy atom. The lowest BCUT2D eigenvalue weighted by Gasteiger charge is -2.34. The minimum atomic E-state index is -0.381. The van der Waals surface area contributed by atoms with E-state index in [0.29, 0.717) is 74.4 Å². The highest BCUT2D eigenvalue weighted by molar-refractivity contribution is 5.78. The summed E-state index contributed by atoms with van der Waals surface area (Å²) in [5.74, 6) is 0. The third-order valence-electron chi connectivity index (χ3n) is 5.91. The molecule has 2 aliphatic heterocycles. The monoisotopic (exact) mass is 428 g/mol. The van der Waals surface area contributed by atoms with Crippen LogP contribution in [0.15, 0.2) is 35.4 Å². The van der Waals surface area contributed by atoms with Crippen molar-refractivity contribution in [3.63, 3.8) is 0 Å². The summed E-state index contributed by atoms with van der Waals surface area (Å²) < 4.78 is 0. The van der Waals surface area contributed by atoms with Gasteiger partial charge in [-0.1, -0.05) is 24.3 Å². The molecule has 0 aliphatic carbocycles. The lowest BCUT2D eigenvalue weighted by molar-refractivity contribution is 0.105. The Hall–Kier alpha value is -3.82. The predicted octanol–water partition coefficient (Wildman–Crippen LogP) is 2.12. The van der Waals surface area contributed by atoms with Crippen LogP contribution in [0.1, 0.15) is 36.8 Å². The van der Waals surface area contributed by atoms with Crippen LogP contribution in [0.25, 0.3) is 11.4 Å². The van der Waals surface area contributed by atoms with Crippen LogP contribution in [0.2, 0.25) is 0 Å². The predicted molar refractivity (Wildman–Crippen MR) is 116 cm³/mol. The summed E-state index contributed by atoms with van der Waals surface area (Å²) in [5.41, 5.74) is 2.44. The van der Waals surface area contributed by atoms with E-state index in [1.54, 1.807) is 24.3 Å². The number of aliphatic hydroxyl groups is 2. The molecule has 0 saturated carbocycles. The van der Waals surface area contributed by atoms with Gasteiger partial charge in [0.25, 0.3) is 0 Å². The first-order chi connectivity index (χ1) is 15.5. The number of benzene rings is 1. The summed E-state index contributed by atoms with van der Waals surface area (Å²) in [6.07, 6.45) is 1.49. The molecule has 2 N–H and O–H groups in total. The van der Waals surface area contributed by atoms with E-state index in [1.165, 1.54) is 0 Å². The molecule has 162 valence electrons. The number of aliphatic hydroxyl groups excluding tert-OH is 2. The van der Waals surface area contributed by atoms with Gasteiger partial charge in [0.15, 0.2) is 11.1 Å². The number of likely N-dealkylation sites (tertiary alicyclic amines) is 2. The number of hydrogen-bond donors (Lipinski definition) is 2. The van der Waals surface area contributed by atoms with Crippen LogP contribution < -0.4 is 0 Å². The van der Waals surface area contributed by atoms with E-state index in [0.717, 1.165) is 0 Å². The van der Waals surface area contributed by atoms with E-state index >= 15 is 0 Å². The zero-order chi connectivity index (χ0) is 23.1. The van der Waals surface area contributed by atoms with Gasteiger partial charge >= 0.3 is 0 Å². The first-order valence-corrected chi connectivity index (χ1v) is 10.6. The van der Waals surface area contributed by atoms with Crippen molar-refractivity contribution in [1.29, 1.82) is 21.0 Å². The van der Waals surface area contributed by atoms with Crippen molar-refractivity contribution in [1.82, 2.24) is 9.80 Å². The number of hydrogen-bond acceptors (Lipinski definition) is 8. The summed E-state index contributed by atoms with van der Waals surface area (Å²) in [6, 6.07) is 15.1. The second-order valence-electron chi connectivity index (χ2n) is 7.91. The Morgan fingerprint density at radius 1 is 0.625 bits per heavy atom. The average Bonchev–Trinajstić information content (AvgIpc) is 2.83. The number of allylic oxidation sites excluding steroid dienone is 2. The topological polar surface area (TPSA) is 142 Å². The molecule has 0 bridgehead atoms. The fraction of sp³-hybridized carbons (Fsp3) is 0.417. The van der Waals surface area contributed by atoms with E-state index in [1.807, 2.05) is 34.1 Å². The maximum absolute atomic E-state index is 9.82. The van der Waals surface area contributed by atoms with Crippen molar-refractivity contribution in [2.45, 2.75) is 37.9 Å². The summed E-state index contributed by atoms with van der Waals surface area (Å²) >= 11 is 0. The molecule has 3 rings (SSSR count). The van der Waals surface area contributed by atoms with Crippen LogP contribution in [0, 0.1) is 45.3 Å². The normalized spacial score (nSPS) is 16.8. The molecule has 1 aromatic rings. The molecule has 32 heavy (non-hydrogen) atoms. The number of rotatable bonds is 4. The standard InChI is InChI=1S/C24H24N6O2/c25-13-19(14-26)23(29-9-5-21(31)6-10-29)17-1-2-18(4-3-17)24(20(15-27)16-28)30-11-7-22(32)8-12-30/h1-4,21-22,31-32H,5-12H2. The maximum Gasteiger partial charge on any atom is 0.153 e. The van der Waals surface area contributed by atoms with Crippen molar-refractivity contribution < 1.29 is 10.2 Å². The van der Waals surface area contributed by atoms with Gasteiger partial charge in [0.05, 0.1) is 23.6 Å². The molecule has 0 amide bonds. The van der Waals surface area contributed by atoms with Crippen molar-refractivity contribution in [2.24, 2.45) is 0 Å². The molecule has 8 nitrogen and oxygen atoms in total. The van der Waals surface area contributed by atoms with Crippen molar-refractivity contribution >= 4 is 11.4 Å². The molecule has 1 aromatic carbocycles. The molecule has 2 heterocycles. The van der Waals surface area contributed by atoms with Crippen LogP contribution >= 0.6 is 0 Å². The zero-order valence-electron chi connectivity index (χ0n) is 17.7. The molecule has 0 aromatic heterocycles. The summed E-state index contributed by atoms with van der Waals surface area (Å²) in [6.45, 7) is 2.16. The first-order valence-electron chi connectivity index (χ1n) is 10.6. The maximum atomic E-state index is 9.82. The van der Waals surface area contributed by atoms with Gasteiger partial charge in [0, 0.05) is 26.2 Å². The van der Waals surface area contributed by atoms with Crippen molar-refractivity contribution in [3.8, 4) is 24.3 Å². The molecular formula is C24H24N6O2. The molecule has 2 aliphatic rings. The minimum absolute atomic E-state index is 0.00432. The van der Waals surface area contributed by atoms with E-state index in [2.05, 4.69) is 0 Å². The second kappa shape index (κ2) is 10.5. The third-order valence-corrected chi connectivity index (χ3v) is 5.91. The number of nitriles is 4. The van der Waals surface area contributed by atoms with Crippen LogP contribution in [-0.2, 0) is 0 Å². The van der Waals surface area contributed by atoms with E-state index in [4.69, 9.17) is 0 Å². The minimum Gasteiger partial charge on any atom is -0.393 e. The molecule has 0 radical (unpaired) electrons. The third kappa shape index (κ3) is 4.90. The van der Waals surface area contributed by atoms with Crippen LogP contribution in [0.4, 0.5) is 0 Å². The summed E-state index contributed by atoms with van der Waals surface area (Å²) in [7, 11) is 0. The Bertz CT molecular complexity index is 943. The van der Waals surface area contributed by atoms with E-state index < -0.39 is 0 Å². The fourth-order valence-corrected chi connectivity index (χ4v) is 4.20. The fourth-order valence-electron chi connectivity index (χ4n) is 4.20. The van der Waals surface area contributed by atoms with Gasteiger partial charge in [-0.3, -0.25) is 0 Å². The Labute approximate surface area is 187 Å². The van der Waals surface area contributed by atoms with Gasteiger partial charge in [-0.2, -0.15) is 21.0 Å². The lowest BCUT2D eigenvalue weighted by atomic mass is 9.97. The molecule has 2 fully saturated rings. The quantitative estimate of drug-likeness (QED) is 0.694. The Kier molecular flexibility index (Phi) is 7.48. The van der Waals surface area contributed by atoms with Gasteiger partial charge in [0.1, 0.15) is 24.3 Å². The van der Waals surface area contributed by atoms with Gasteiger partial charge in [-0.25, -0.2) is 0 Å². The zero-order valence-corrected chi connectivity index (χ0v) is 17.7. The molecule has 0 unspecified atom stereocenters. The Morgan fingerprint density at radius 3 is 1.16 bits per heavy atom. The van der Waals surface area contributed by atoms with Gasteiger partial charge in [-0.05, 0) is 36.8 Å². The smallest absolute Gasteiger partial charge is 0.153 e. The van der Waals surface area contributed by atoms with Gasteiger partial charge in [-0.15, -0.1) is 0 Å². The first kappa shape index (κ1) is 22.9. The van der Waals surface area contributed by atoms with Crippen LogP contribution in [-0.4, -0.2) is 58.4 Å². The van der Waals surface area contributed by atoms with Gasteiger partial charge in [0.2, 0.25) is 0 Å². The number of nitrogens with zero attached hydrogens (tertiary/aromatic N) is 6. The van der Waals surface area contributed by atoms with E-state index in [9.17, 15) is 31.3 Å². The SMILES string of the molecule is N#CC(C#N)=C(c1ccc(C(=C(C#N)C#N)N2CCC(O)CC2)cc1)N1CCC(O)CC1. The Balaban J connectivity index is 2.00. The summed E-state index contributed by atoms with van der Waals surface area (Å²) in [5, 5.41) is 57.6. The summed E-state index contributed by atoms with van der Waals surface area (Å²) in [4.78, 5) is 3.89. The average molecular weight is 428 g/mol. The second-order valence-corrected chi connectivity index (χ2v) is 7.91. The molecule has 0 spiro atoms. The van der Waals surface area contributed by atoms with E-state index in [-0.39, 0.29) is 23.4 Å². The highest BCUT2D eigenvalue weighted by Gasteiger charge is 2.25. The van der Waals surface area contributed by atoms with Gasteiger partial charge < -0.3 is 20.0 Å². The molecule has 2 saturated heterocycles. The molecular weight excluding hydrogens is 404 g/mol. The van der Waals surface area contributed by atoms with Crippen molar-refractivity contribution in [2.75, 3.05) is 26.2 Å². The van der Waals surface area contributed by atoms with Crippen LogP contribution in [0.5, 0.6) is 0 Å². The molecule has 0 atom stereocenters. The highest BCUT2D eigenvalue weighted by Crippen LogP contribution is 2.31. The lowest BCUT2D eigenvalue weighted by Crippen LogP contribution is -2.35.